The molecule has 0 radical (unpaired) electrons. The number of hydrogen-bond acceptors (Lipinski definition) is 6. The first-order valence-electron chi connectivity index (χ1n) is 12.3. The highest BCUT2D eigenvalue weighted by molar-refractivity contribution is 6.05. The average Bonchev–Trinajstić information content (AvgIpc) is 3.10. The van der Waals surface area contributed by atoms with Crippen LogP contribution < -0.4 is 10.2 Å². The minimum Gasteiger partial charge on any atom is -0.375 e. The molecule has 1 atom stereocenters. The summed E-state index contributed by atoms with van der Waals surface area (Å²) in [6.45, 7) is 4.00. The average molecular weight is 467 g/mol. The Morgan fingerprint density at radius 3 is 2.50 bits per heavy atom. The fourth-order valence-corrected chi connectivity index (χ4v) is 6.35. The summed E-state index contributed by atoms with van der Waals surface area (Å²) in [5, 5.41) is 2.35. The van der Waals surface area contributed by atoms with Gasteiger partial charge in [-0.15, -0.1) is 0 Å². The molecule has 4 aliphatic heterocycles. The summed E-state index contributed by atoms with van der Waals surface area (Å²) in [6.07, 6.45) is 6.21. The number of fused-ring (bicyclic) bond motifs is 1. The van der Waals surface area contributed by atoms with Crippen LogP contribution in [0.25, 0.3) is 0 Å². The van der Waals surface area contributed by atoms with Gasteiger partial charge in [-0.25, -0.2) is 0 Å². The summed E-state index contributed by atoms with van der Waals surface area (Å²) in [7, 11) is 0. The van der Waals surface area contributed by atoms with Gasteiger partial charge >= 0.3 is 0 Å². The van der Waals surface area contributed by atoms with Crippen molar-refractivity contribution in [2.24, 2.45) is 5.41 Å². The third kappa shape index (κ3) is 3.66. The number of piperidine rings is 2. The van der Waals surface area contributed by atoms with Crippen molar-refractivity contribution < 1.29 is 23.9 Å². The molecule has 0 bridgehead atoms. The Labute approximate surface area is 198 Å². The standard InChI is InChI=1S/C25H30N4O5/c30-15-27-7-5-18(6-8-27)34-19-10-25(11-19)13-28(14-25)17-1-2-20-16(9-17)12-29(24(20)33)21-3-4-22(31)26-23(21)32/h1-2,9,15,18-19,21H,3-8,10-14H2,(H,26,31,32). The van der Waals surface area contributed by atoms with E-state index in [4.69, 9.17) is 4.74 Å². The van der Waals surface area contributed by atoms with Crippen molar-refractivity contribution in [3.05, 3.63) is 29.3 Å². The summed E-state index contributed by atoms with van der Waals surface area (Å²) >= 11 is 0. The third-order valence-corrected chi connectivity index (χ3v) is 8.26. The number of nitrogens with one attached hydrogen (secondary N) is 1. The lowest BCUT2D eigenvalue weighted by Crippen LogP contribution is -2.64. The monoisotopic (exact) mass is 466 g/mol. The van der Waals surface area contributed by atoms with E-state index < -0.39 is 6.04 Å². The minimum absolute atomic E-state index is 0.130. The summed E-state index contributed by atoms with van der Waals surface area (Å²) < 4.78 is 6.29. The summed E-state index contributed by atoms with van der Waals surface area (Å²) in [4.78, 5) is 53.2. The highest BCUT2D eigenvalue weighted by Gasteiger charge is 2.53. The number of amides is 4. The highest BCUT2D eigenvalue weighted by atomic mass is 16.5. The van der Waals surface area contributed by atoms with E-state index in [1.54, 1.807) is 4.90 Å². The summed E-state index contributed by atoms with van der Waals surface area (Å²) in [5.41, 5.74) is 3.06. The first-order chi connectivity index (χ1) is 16.4. The van der Waals surface area contributed by atoms with Gasteiger partial charge in [0.1, 0.15) is 6.04 Å². The topological polar surface area (TPSA) is 99.3 Å². The van der Waals surface area contributed by atoms with Gasteiger partial charge in [-0.3, -0.25) is 24.5 Å². The lowest BCUT2D eigenvalue weighted by Gasteiger charge is -2.60. The molecule has 4 amide bonds. The van der Waals surface area contributed by atoms with Crippen LogP contribution in [0.5, 0.6) is 0 Å². The van der Waals surface area contributed by atoms with Crippen molar-refractivity contribution in [2.75, 3.05) is 31.1 Å². The molecule has 180 valence electrons. The van der Waals surface area contributed by atoms with Gasteiger partial charge in [-0.2, -0.15) is 0 Å². The van der Waals surface area contributed by atoms with Gasteiger partial charge in [-0.05, 0) is 55.9 Å². The lowest BCUT2D eigenvalue weighted by atomic mass is 9.61. The summed E-state index contributed by atoms with van der Waals surface area (Å²) in [5.74, 6) is -0.779. The third-order valence-electron chi connectivity index (χ3n) is 8.26. The first kappa shape index (κ1) is 21.6. The van der Waals surface area contributed by atoms with Gasteiger partial charge in [0.05, 0.1) is 12.2 Å². The van der Waals surface area contributed by atoms with Crippen LogP contribution in [0.2, 0.25) is 0 Å². The van der Waals surface area contributed by atoms with Gasteiger partial charge < -0.3 is 19.4 Å². The number of rotatable bonds is 5. The maximum absolute atomic E-state index is 12.9. The van der Waals surface area contributed by atoms with Crippen LogP contribution in [0.4, 0.5) is 5.69 Å². The Kier molecular flexibility index (Phi) is 5.13. The number of carbonyl (C=O) groups excluding carboxylic acids is 4. The van der Waals surface area contributed by atoms with Crippen LogP contribution in [0.15, 0.2) is 18.2 Å². The van der Waals surface area contributed by atoms with Crippen molar-refractivity contribution in [1.29, 1.82) is 0 Å². The zero-order valence-electron chi connectivity index (χ0n) is 19.2. The quantitative estimate of drug-likeness (QED) is 0.515. The summed E-state index contributed by atoms with van der Waals surface area (Å²) in [6, 6.07) is 5.39. The first-order valence-corrected chi connectivity index (χ1v) is 12.3. The van der Waals surface area contributed by atoms with Crippen LogP contribution in [-0.2, 0) is 25.7 Å². The second kappa shape index (κ2) is 8.08. The number of hydrogen-bond donors (Lipinski definition) is 1. The van der Waals surface area contributed by atoms with Crippen molar-refractivity contribution in [3.63, 3.8) is 0 Å². The molecule has 34 heavy (non-hydrogen) atoms. The molecule has 1 unspecified atom stereocenters. The fraction of sp³-hybridized carbons (Fsp3) is 0.600. The zero-order chi connectivity index (χ0) is 23.4. The Morgan fingerprint density at radius 2 is 1.79 bits per heavy atom. The maximum Gasteiger partial charge on any atom is 0.255 e. The molecule has 3 saturated heterocycles. The maximum atomic E-state index is 12.9. The van der Waals surface area contributed by atoms with E-state index in [9.17, 15) is 19.2 Å². The largest absolute Gasteiger partial charge is 0.375 e. The molecule has 1 aliphatic carbocycles. The van der Waals surface area contributed by atoms with E-state index in [1.165, 1.54) is 0 Å². The van der Waals surface area contributed by atoms with Crippen LogP contribution in [0.1, 0.15) is 54.4 Å². The molecule has 1 saturated carbocycles. The smallest absolute Gasteiger partial charge is 0.255 e. The minimum atomic E-state index is -0.578. The zero-order valence-corrected chi connectivity index (χ0v) is 19.2. The molecule has 1 N–H and O–H groups in total. The van der Waals surface area contributed by atoms with E-state index in [0.29, 0.717) is 30.0 Å². The van der Waals surface area contributed by atoms with Crippen LogP contribution >= 0.6 is 0 Å². The Bertz CT molecular complexity index is 1040. The van der Waals surface area contributed by atoms with E-state index in [-0.39, 0.29) is 30.2 Å². The molecule has 4 fully saturated rings. The lowest BCUT2D eigenvalue weighted by molar-refractivity contribution is -0.139. The molecular formula is C25H30N4O5. The molecular weight excluding hydrogens is 436 g/mol. The van der Waals surface area contributed by atoms with Gasteiger partial charge in [0, 0.05) is 55.8 Å². The Balaban J connectivity index is 1.02. The molecule has 5 aliphatic rings. The molecule has 6 rings (SSSR count). The normalized spacial score (nSPS) is 26.9. The van der Waals surface area contributed by atoms with Crippen molar-refractivity contribution in [3.8, 4) is 0 Å². The number of benzene rings is 1. The number of imide groups is 1. The Hall–Kier alpha value is -2.94. The van der Waals surface area contributed by atoms with E-state index in [0.717, 1.165) is 69.5 Å². The molecule has 0 aromatic heterocycles. The van der Waals surface area contributed by atoms with Gasteiger partial charge in [-0.1, -0.05) is 0 Å². The van der Waals surface area contributed by atoms with Crippen molar-refractivity contribution >= 4 is 29.8 Å². The van der Waals surface area contributed by atoms with E-state index >= 15 is 0 Å². The predicted molar refractivity (Wildman–Crippen MR) is 122 cm³/mol. The van der Waals surface area contributed by atoms with Gasteiger partial charge in [0.15, 0.2) is 0 Å². The van der Waals surface area contributed by atoms with Crippen molar-refractivity contribution in [2.45, 2.75) is 63.3 Å². The molecule has 9 heteroatoms. The number of ether oxygens (including phenoxy) is 1. The highest BCUT2D eigenvalue weighted by Crippen LogP contribution is 2.51. The SMILES string of the molecule is O=CN1CCC(OC2CC3(C2)CN(c2ccc4c(c2)CN(C2CCC(=O)NC2=O)C4=O)C3)CC1. The second-order valence-electron chi connectivity index (χ2n) is 10.6. The van der Waals surface area contributed by atoms with E-state index in [1.807, 2.05) is 17.0 Å². The number of nitrogens with zero attached hydrogens (tertiary/aromatic N) is 3. The van der Waals surface area contributed by atoms with Crippen LogP contribution in [0, 0.1) is 5.41 Å². The Morgan fingerprint density at radius 1 is 1.03 bits per heavy atom. The van der Waals surface area contributed by atoms with Gasteiger partial charge in [0.2, 0.25) is 18.2 Å². The van der Waals surface area contributed by atoms with Crippen LogP contribution in [-0.4, -0.2) is 78.4 Å². The number of carbonyl (C=O) groups is 4. The van der Waals surface area contributed by atoms with E-state index in [2.05, 4.69) is 16.3 Å². The van der Waals surface area contributed by atoms with Gasteiger partial charge in [0.25, 0.3) is 5.91 Å². The van der Waals surface area contributed by atoms with Crippen LogP contribution in [0.3, 0.4) is 0 Å². The molecule has 1 aromatic carbocycles. The van der Waals surface area contributed by atoms with Crippen molar-refractivity contribution in [1.82, 2.24) is 15.1 Å². The molecule has 1 aromatic rings. The molecule has 4 heterocycles. The second-order valence-corrected chi connectivity index (χ2v) is 10.6. The number of anilines is 1. The number of likely N-dealkylation sites (tertiary alicyclic amines) is 1. The fourth-order valence-electron chi connectivity index (χ4n) is 6.35. The predicted octanol–water partition coefficient (Wildman–Crippen LogP) is 1.05. The molecule has 9 nitrogen and oxygen atoms in total. The molecule has 1 spiro atoms.